The zero-order valence-electron chi connectivity index (χ0n) is 26.5. The average Bonchev–Trinajstić information content (AvgIpc) is 3.36. The van der Waals surface area contributed by atoms with Crippen LogP contribution in [0.4, 0.5) is 4.39 Å². The van der Waals surface area contributed by atoms with Crippen LogP contribution in [-0.2, 0) is 20.1 Å². The van der Waals surface area contributed by atoms with Gasteiger partial charge < -0.3 is 14.4 Å². The molecule has 6 rings (SSSR count). The molecular weight excluding hydrogens is 706 g/mol. The van der Waals surface area contributed by atoms with Gasteiger partial charge in [-0.2, -0.15) is 0 Å². The Morgan fingerprint density at radius 3 is 2.39 bits per heavy atom. The van der Waals surface area contributed by atoms with Crippen molar-refractivity contribution < 1.29 is 33.0 Å². The molecule has 0 aliphatic carbocycles. The number of fused-ring (bicyclic) bond motifs is 3. The van der Waals surface area contributed by atoms with Gasteiger partial charge in [0.05, 0.1) is 19.9 Å². The van der Waals surface area contributed by atoms with E-state index in [4.69, 9.17) is 8.53 Å². The van der Waals surface area contributed by atoms with Gasteiger partial charge in [0.15, 0.2) is 0 Å². The SMILES string of the molecule is CC(C)c1cc(-c2[c-]ccc3c2oc2ncccc23)ncc1F.[2H]C([2H])([2H])c1c[c-]c(-c2ccc([Si](C)(C)C)cn2)cc1.[Ir]. The van der Waals surface area contributed by atoms with E-state index in [1.54, 1.807) is 24.4 Å². The van der Waals surface area contributed by atoms with E-state index in [1.165, 1.54) is 17.4 Å². The van der Waals surface area contributed by atoms with Crippen LogP contribution < -0.4 is 5.19 Å². The van der Waals surface area contributed by atoms with Gasteiger partial charge in [0.2, 0.25) is 5.71 Å². The second-order valence-corrected chi connectivity index (χ2v) is 16.0. The van der Waals surface area contributed by atoms with Crippen LogP contribution in [0.3, 0.4) is 0 Å². The molecular formula is C34H32FIrN3OSi-2. The zero-order valence-corrected chi connectivity index (χ0v) is 26.9. The molecule has 0 aliphatic heterocycles. The minimum Gasteiger partial charge on any atom is -0.486 e. The van der Waals surface area contributed by atoms with Crippen LogP contribution in [0.2, 0.25) is 19.6 Å². The van der Waals surface area contributed by atoms with Gasteiger partial charge in [-0.25, -0.2) is 9.37 Å². The third kappa shape index (κ3) is 6.70. The summed E-state index contributed by atoms with van der Waals surface area (Å²) in [5.74, 6) is -0.213. The number of hydrogen-bond donors (Lipinski definition) is 0. The minimum atomic E-state index is -2.08. The number of pyridine rings is 3. The minimum absolute atomic E-state index is 0. The van der Waals surface area contributed by atoms with Gasteiger partial charge in [0.25, 0.3) is 0 Å². The molecule has 7 heteroatoms. The second-order valence-electron chi connectivity index (χ2n) is 11.0. The maximum atomic E-state index is 13.9. The summed E-state index contributed by atoms with van der Waals surface area (Å²) in [6.07, 6.45) is 4.88. The maximum Gasteiger partial charge on any atom is 0.216 e. The number of halogens is 1. The van der Waals surface area contributed by atoms with E-state index in [0.717, 1.165) is 27.6 Å². The van der Waals surface area contributed by atoms with Crippen LogP contribution in [0.15, 0.2) is 83.7 Å². The fourth-order valence-electron chi connectivity index (χ4n) is 4.38. The van der Waals surface area contributed by atoms with Crippen LogP contribution in [0, 0.1) is 24.8 Å². The van der Waals surface area contributed by atoms with Gasteiger partial charge in [0.1, 0.15) is 5.82 Å². The number of nitrogens with zero attached hydrogens (tertiary/aromatic N) is 3. The Balaban J connectivity index is 0.000000199. The molecule has 0 amide bonds. The second kappa shape index (κ2) is 12.6. The predicted molar refractivity (Wildman–Crippen MR) is 164 cm³/mol. The normalized spacial score (nSPS) is 12.7. The van der Waals surface area contributed by atoms with Crippen molar-refractivity contribution >= 4 is 35.3 Å². The molecule has 0 unspecified atom stereocenters. The molecule has 0 spiro atoms. The number of benzene rings is 2. The van der Waals surface area contributed by atoms with Gasteiger partial charge >= 0.3 is 0 Å². The van der Waals surface area contributed by atoms with Gasteiger partial charge in [-0.1, -0.05) is 69.5 Å². The summed E-state index contributed by atoms with van der Waals surface area (Å²) in [6.45, 7) is 8.67. The Bertz CT molecular complexity index is 1830. The Labute approximate surface area is 259 Å². The molecule has 1 radical (unpaired) electrons. The molecule has 0 fully saturated rings. The Hall–Kier alpha value is -3.51. The zero-order chi connectivity index (χ0) is 30.9. The summed E-state index contributed by atoms with van der Waals surface area (Å²) in [5.41, 5.74) is 5.21. The maximum absolute atomic E-state index is 13.9. The number of furan rings is 1. The molecule has 4 aromatic heterocycles. The molecule has 6 aromatic rings. The van der Waals surface area contributed by atoms with Crippen LogP contribution >= 0.6 is 0 Å². The van der Waals surface area contributed by atoms with E-state index < -0.39 is 14.9 Å². The first-order valence-electron chi connectivity index (χ1n) is 14.7. The Kier molecular flexibility index (Phi) is 8.08. The molecule has 4 nitrogen and oxygen atoms in total. The largest absolute Gasteiger partial charge is 0.486 e. The first kappa shape index (κ1) is 26.4. The molecule has 4 heterocycles. The van der Waals surface area contributed by atoms with Gasteiger partial charge in [0, 0.05) is 42.0 Å². The molecule has 211 valence electrons. The van der Waals surface area contributed by atoms with Crippen LogP contribution in [0.1, 0.15) is 35.0 Å². The summed E-state index contributed by atoms with van der Waals surface area (Å²) in [5, 5.41) is 3.21. The summed E-state index contributed by atoms with van der Waals surface area (Å²) >= 11 is 0. The third-order valence-electron chi connectivity index (χ3n) is 6.69. The Morgan fingerprint density at radius 1 is 0.927 bits per heavy atom. The first-order chi connectivity index (χ1) is 20.3. The molecule has 0 aliphatic rings. The van der Waals surface area contributed by atoms with Crippen molar-refractivity contribution in [2.24, 2.45) is 0 Å². The van der Waals surface area contributed by atoms with Gasteiger partial charge in [-0.15, -0.1) is 53.6 Å². The predicted octanol–water partition coefficient (Wildman–Crippen LogP) is 8.51. The van der Waals surface area contributed by atoms with Crippen molar-refractivity contribution in [2.75, 3.05) is 0 Å². The van der Waals surface area contributed by atoms with Gasteiger partial charge in [-0.3, -0.25) is 0 Å². The first-order valence-corrected chi connectivity index (χ1v) is 16.7. The molecule has 0 atom stereocenters. The van der Waals surface area contributed by atoms with E-state index >= 15 is 0 Å². The number of aromatic nitrogens is 3. The van der Waals surface area contributed by atoms with Crippen LogP contribution in [0.5, 0.6) is 0 Å². The fourth-order valence-corrected chi connectivity index (χ4v) is 5.42. The van der Waals surface area contributed by atoms with E-state index in [9.17, 15) is 4.39 Å². The van der Waals surface area contributed by atoms with Crippen molar-refractivity contribution in [2.45, 2.75) is 46.3 Å². The molecule has 0 saturated heterocycles. The summed E-state index contributed by atoms with van der Waals surface area (Å²) in [6, 6.07) is 24.6. The van der Waals surface area contributed by atoms with Crippen molar-refractivity contribution in [3.05, 3.63) is 108 Å². The van der Waals surface area contributed by atoms with Crippen LogP contribution in [0.25, 0.3) is 44.6 Å². The number of aryl methyl sites for hydroxylation is 1. The molecule has 0 bridgehead atoms. The smallest absolute Gasteiger partial charge is 0.216 e. The van der Waals surface area contributed by atoms with E-state index in [-0.39, 0.29) is 31.8 Å². The molecule has 2 aromatic carbocycles. The topological polar surface area (TPSA) is 51.8 Å². The summed E-state index contributed by atoms with van der Waals surface area (Å²) in [4.78, 5) is 12.9. The standard InChI is InChI=1S/C19H14FN2O.C15H18NSi.Ir/c1-11(2)15-9-17(22-10-16(15)20)14-6-3-5-12-13-7-4-8-21-19(13)23-18(12)14;1-12-5-7-13(8-6-12)15-10-9-14(11-16-15)17(2,3)4;/h3-5,7-11H,1-2H3;5-7,9-11H,1-4H3;/q2*-1;/i;1D3;. The third-order valence-corrected chi connectivity index (χ3v) is 8.72. The van der Waals surface area contributed by atoms with Crippen molar-refractivity contribution in [3.8, 4) is 22.5 Å². The average molecular weight is 741 g/mol. The van der Waals surface area contributed by atoms with Crippen LogP contribution in [-0.4, -0.2) is 23.0 Å². The molecule has 41 heavy (non-hydrogen) atoms. The van der Waals surface area contributed by atoms with E-state index in [1.807, 2.05) is 50.4 Å². The molecule has 0 saturated carbocycles. The summed E-state index contributed by atoms with van der Waals surface area (Å²) < 4.78 is 41.8. The Morgan fingerprint density at radius 2 is 1.73 bits per heavy atom. The van der Waals surface area contributed by atoms with Crippen molar-refractivity contribution in [3.63, 3.8) is 0 Å². The summed E-state index contributed by atoms with van der Waals surface area (Å²) in [7, 11) is -1.34. The van der Waals surface area contributed by atoms with Gasteiger partial charge in [-0.05, 0) is 40.2 Å². The molecule has 0 N–H and O–H groups in total. The van der Waals surface area contributed by atoms with Crippen molar-refractivity contribution in [1.29, 1.82) is 0 Å². The van der Waals surface area contributed by atoms with E-state index in [2.05, 4.69) is 52.8 Å². The monoisotopic (exact) mass is 741 g/mol. The number of rotatable bonds is 4. The number of hydrogen-bond acceptors (Lipinski definition) is 4. The van der Waals surface area contributed by atoms with Crippen molar-refractivity contribution in [1.82, 2.24) is 15.0 Å². The fraction of sp³-hybridized carbons (Fsp3) is 0.206. The van der Waals surface area contributed by atoms with E-state index in [0.29, 0.717) is 28.1 Å². The quantitative estimate of drug-likeness (QED) is 0.134.